The number of nitrogens with zero attached hydrogens (tertiary/aromatic N) is 2. The average Bonchev–Trinajstić information content (AvgIpc) is 3.03. The van der Waals surface area contributed by atoms with Crippen LogP contribution in [0.2, 0.25) is 0 Å². The zero-order chi connectivity index (χ0) is 22.3. The molecule has 0 aromatic heterocycles. The summed E-state index contributed by atoms with van der Waals surface area (Å²) in [5.74, 6) is -1.50. The van der Waals surface area contributed by atoms with Crippen LogP contribution in [-0.4, -0.2) is 20.1 Å². The number of nitrogens with one attached hydrogen (secondary N) is 1. The van der Waals surface area contributed by atoms with Crippen molar-refractivity contribution < 1.29 is 17.6 Å². The van der Waals surface area contributed by atoms with Gasteiger partial charge in [-0.05, 0) is 42.0 Å². The SMILES string of the molecule is CC(=O)Nc1ccc(C2C(C#N)=C(N)N(c3ccc(F)cc3)C3=C2S(=O)(=O)CC3)cc1. The van der Waals surface area contributed by atoms with Gasteiger partial charge in [-0.1, -0.05) is 12.1 Å². The van der Waals surface area contributed by atoms with Crippen LogP contribution in [0.15, 0.2) is 70.5 Å². The second-order valence-electron chi connectivity index (χ2n) is 7.34. The van der Waals surface area contributed by atoms with Crippen molar-refractivity contribution in [2.75, 3.05) is 16.0 Å². The lowest BCUT2D eigenvalue weighted by molar-refractivity contribution is -0.114. The fourth-order valence-electron chi connectivity index (χ4n) is 4.04. The highest BCUT2D eigenvalue weighted by atomic mass is 32.2. The topological polar surface area (TPSA) is 116 Å². The molecule has 158 valence electrons. The summed E-state index contributed by atoms with van der Waals surface area (Å²) >= 11 is 0. The van der Waals surface area contributed by atoms with Gasteiger partial charge in [0.25, 0.3) is 0 Å². The third-order valence-electron chi connectivity index (χ3n) is 5.33. The monoisotopic (exact) mass is 438 g/mol. The number of nitrogens with two attached hydrogens (primary N) is 1. The van der Waals surface area contributed by atoms with Gasteiger partial charge in [0.05, 0.1) is 28.2 Å². The molecule has 2 aromatic rings. The third-order valence-corrected chi connectivity index (χ3v) is 7.22. The molecule has 0 aliphatic carbocycles. The number of anilines is 2. The Balaban J connectivity index is 1.89. The molecule has 3 N–H and O–H groups in total. The van der Waals surface area contributed by atoms with E-state index in [1.54, 1.807) is 24.3 Å². The highest BCUT2D eigenvalue weighted by Crippen LogP contribution is 2.48. The minimum Gasteiger partial charge on any atom is -0.384 e. The molecule has 0 fully saturated rings. The van der Waals surface area contributed by atoms with Crippen molar-refractivity contribution in [2.24, 2.45) is 5.73 Å². The molecule has 0 saturated heterocycles. The predicted molar refractivity (Wildman–Crippen MR) is 115 cm³/mol. The normalized spacial score (nSPS) is 19.8. The first-order valence-electron chi connectivity index (χ1n) is 9.51. The molecule has 1 atom stereocenters. The number of carbonyl (C=O) groups excluding carboxylic acids is 1. The quantitative estimate of drug-likeness (QED) is 0.761. The standard InChI is InChI=1S/C22H19FN4O3S/c1-13(28)26-16-6-2-14(3-7-16)20-18(12-24)22(25)27(17-8-4-15(23)5-9-17)19-10-11-31(29,30)21(19)20/h2-9,20H,10-11,25H2,1H3,(H,26,28). The summed E-state index contributed by atoms with van der Waals surface area (Å²) in [7, 11) is -3.64. The molecule has 9 heteroatoms. The minimum atomic E-state index is -3.64. The van der Waals surface area contributed by atoms with Crippen LogP contribution < -0.4 is 16.0 Å². The number of sulfone groups is 1. The Morgan fingerprint density at radius 2 is 1.84 bits per heavy atom. The molecule has 1 unspecified atom stereocenters. The second kappa shape index (κ2) is 7.56. The van der Waals surface area contributed by atoms with Gasteiger partial charge in [-0.15, -0.1) is 0 Å². The summed E-state index contributed by atoms with van der Waals surface area (Å²) in [4.78, 5) is 12.9. The molecule has 0 bridgehead atoms. The van der Waals surface area contributed by atoms with Crippen molar-refractivity contribution >= 4 is 27.1 Å². The second-order valence-corrected chi connectivity index (χ2v) is 9.42. The Labute approximate surface area is 179 Å². The molecule has 31 heavy (non-hydrogen) atoms. The molecule has 2 aliphatic heterocycles. The van der Waals surface area contributed by atoms with Gasteiger partial charge in [-0.3, -0.25) is 9.69 Å². The number of allylic oxidation sites excluding steroid dienone is 3. The van der Waals surface area contributed by atoms with Gasteiger partial charge in [0.2, 0.25) is 5.91 Å². The number of benzene rings is 2. The van der Waals surface area contributed by atoms with Crippen LogP contribution in [0.1, 0.15) is 24.8 Å². The van der Waals surface area contributed by atoms with Crippen LogP contribution in [0.5, 0.6) is 0 Å². The highest BCUT2D eigenvalue weighted by Gasteiger charge is 2.45. The summed E-state index contributed by atoms with van der Waals surface area (Å²) < 4.78 is 39.5. The van der Waals surface area contributed by atoms with Crippen LogP contribution >= 0.6 is 0 Å². The first kappa shape index (κ1) is 20.6. The van der Waals surface area contributed by atoms with Crippen molar-refractivity contribution in [3.8, 4) is 6.07 Å². The van der Waals surface area contributed by atoms with Crippen molar-refractivity contribution in [1.82, 2.24) is 0 Å². The van der Waals surface area contributed by atoms with E-state index < -0.39 is 21.6 Å². The lowest BCUT2D eigenvalue weighted by Crippen LogP contribution is -2.34. The molecule has 1 amide bonds. The maximum absolute atomic E-state index is 13.4. The van der Waals surface area contributed by atoms with Gasteiger partial charge in [0.15, 0.2) is 9.84 Å². The number of carbonyl (C=O) groups is 1. The molecule has 7 nitrogen and oxygen atoms in total. The molecule has 0 radical (unpaired) electrons. The summed E-state index contributed by atoms with van der Waals surface area (Å²) in [6.07, 6.45) is 0.231. The number of amides is 1. The lowest BCUT2D eigenvalue weighted by Gasteiger charge is -2.35. The van der Waals surface area contributed by atoms with E-state index >= 15 is 0 Å². The zero-order valence-electron chi connectivity index (χ0n) is 16.6. The van der Waals surface area contributed by atoms with E-state index in [1.807, 2.05) is 0 Å². The predicted octanol–water partition coefficient (Wildman–Crippen LogP) is 3.11. The smallest absolute Gasteiger partial charge is 0.221 e. The van der Waals surface area contributed by atoms with Crippen LogP contribution in [-0.2, 0) is 14.6 Å². The molecule has 0 spiro atoms. The Morgan fingerprint density at radius 3 is 2.42 bits per heavy atom. The zero-order valence-corrected chi connectivity index (χ0v) is 17.4. The van der Waals surface area contributed by atoms with Gasteiger partial charge < -0.3 is 11.1 Å². The van der Waals surface area contributed by atoms with Crippen molar-refractivity contribution in [3.63, 3.8) is 0 Å². The Kier molecular flexibility index (Phi) is 5.03. The van der Waals surface area contributed by atoms with Crippen LogP contribution in [0.4, 0.5) is 15.8 Å². The van der Waals surface area contributed by atoms with Gasteiger partial charge in [0, 0.05) is 30.4 Å². The number of hydrogen-bond acceptors (Lipinski definition) is 6. The van der Waals surface area contributed by atoms with E-state index in [4.69, 9.17) is 5.73 Å². The van der Waals surface area contributed by atoms with Crippen molar-refractivity contribution in [2.45, 2.75) is 19.3 Å². The highest BCUT2D eigenvalue weighted by molar-refractivity contribution is 7.95. The molecule has 0 saturated carbocycles. The summed E-state index contributed by atoms with van der Waals surface area (Å²) in [5.41, 5.74) is 8.57. The molecule has 2 aromatic carbocycles. The van der Waals surface area contributed by atoms with E-state index in [1.165, 1.54) is 36.1 Å². The van der Waals surface area contributed by atoms with Gasteiger partial charge in [-0.2, -0.15) is 5.26 Å². The fraction of sp³-hybridized carbons (Fsp3) is 0.182. The molecular weight excluding hydrogens is 419 g/mol. The van der Waals surface area contributed by atoms with E-state index in [2.05, 4.69) is 11.4 Å². The Bertz CT molecular complexity index is 1270. The largest absolute Gasteiger partial charge is 0.384 e. The number of nitriles is 1. The summed E-state index contributed by atoms with van der Waals surface area (Å²) in [6, 6.07) is 14.2. The first-order chi connectivity index (χ1) is 14.7. The van der Waals surface area contributed by atoms with Crippen LogP contribution in [0, 0.1) is 17.1 Å². The van der Waals surface area contributed by atoms with Crippen LogP contribution in [0.3, 0.4) is 0 Å². The summed E-state index contributed by atoms with van der Waals surface area (Å²) in [5, 5.41) is 12.6. The van der Waals surface area contributed by atoms with Gasteiger partial charge in [0.1, 0.15) is 11.6 Å². The maximum Gasteiger partial charge on any atom is 0.221 e. The molecule has 2 aliphatic rings. The number of hydrogen-bond donors (Lipinski definition) is 2. The van der Waals surface area contributed by atoms with E-state index in [9.17, 15) is 22.9 Å². The average molecular weight is 438 g/mol. The van der Waals surface area contributed by atoms with E-state index in [0.717, 1.165) is 0 Å². The third kappa shape index (κ3) is 3.55. The fourth-order valence-corrected chi connectivity index (χ4v) is 5.89. The van der Waals surface area contributed by atoms with E-state index in [0.29, 0.717) is 22.6 Å². The van der Waals surface area contributed by atoms with E-state index in [-0.39, 0.29) is 34.4 Å². The molecule has 2 heterocycles. The number of rotatable bonds is 3. The lowest BCUT2D eigenvalue weighted by atomic mass is 9.87. The summed E-state index contributed by atoms with van der Waals surface area (Å²) in [6.45, 7) is 1.39. The minimum absolute atomic E-state index is 0.0954. The van der Waals surface area contributed by atoms with Gasteiger partial charge in [-0.25, -0.2) is 12.8 Å². The number of halogens is 1. The van der Waals surface area contributed by atoms with Crippen molar-refractivity contribution in [3.05, 3.63) is 81.9 Å². The Morgan fingerprint density at radius 1 is 1.19 bits per heavy atom. The van der Waals surface area contributed by atoms with Crippen LogP contribution in [0.25, 0.3) is 0 Å². The molecule has 4 rings (SSSR count). The maximum atomic E-state index is 13.4. The molecular formula is C22H19FN4O3S. The van der Waals surface area contributed by atoms with Crippen molar-refractivity contribution in [1.29, 1.82) is 5.26 Å². The first-order valence-corrected chi connectivity index (χ1v) is 11.2. The Hall–Kier alpha value is -3.64. The van der Waals surface area contributed by atoms with Gasteiger partial charge >= 0.3 is 0 Å².